The third-order valence-electron chi connectivity index (χ3n) is 7.74. The second-order valence-corrected chi connectivity index (χ2v) is 10.6. The number of nitrogens with one attached hydrogen (secondary N) is 1. The molecule has 6 nitrogen and oxygen atoms in total. The number of hydrogen-bond donors (Lipinski definition) is 1. The van der Waals surface area contributed by atoms with Crippen LogP contribution < -0.4 is 5.32 Å². The van der Waals surface area contributed by atoms with Crippen molar-refractivity contribution in [3.05, 3.63) is 76.6 Å². The van der Waals surface area contributed by atoms with Crippen LogP contribution in [0.1, 0.15) is 40.9 Å². The molecule has 1 aliphatic carbocycles. The number of carbonyl (C=O) groups is 1. The molecule has 0 radical (unpaired) electrons. The molecule has 7 heteroatoms. The lowest BCUT2D eigenvalue weighted by atomic mass is 9.93. The molecule has 36 heavy (non-hydrogen) atoms. The first-order valence-corrected chi connectivity index (χ1v) is 13.0. The summed E-state index contributed by atoms with van der Waals surface area (Å²) < 4.78 is 5.89. The van der Waals surface area contributed by atoms with Crippen LogP contribution in [0.3, 0.4) is 0 Å². The number of carbonyl (C=O) groups excluding carboxylic acids is 1. The summed E-state index contributed by atoms with van der Waals surface area (Å²) in [6.45, 7) is 5.39. The summed E-state index contributed by atoms with van der Waals surface area (Å²) in [5.41, 5.74) is 6.07. The zero-order valence-corrected chi connectivity index (χ0v) is 21.3. The molecule has 1 amide bonds. The maximum Gasteiger partial charge on any atom is 0.295 e. The average Bonchev–Trinajstić information content (AvgIpc) is 3.57. The Bertz CT molecular complexity index is 1430. The van der Waals surface area contributed by atoms with Crippen LogP contribution in [0.2, 0.25) is 5.02 Å². The summed E-state index contributed by atoms with van der Waals surface area (Å²) in [4.78, 5) is 25.2. The van der Waals surface area contributed by atoms with E-state index in [1.807, 2.05) is 50.4 Å². The number of oxazole rings is 1. The monoisotopic (exact) mass is 500 g/mol. The highest BCUT2D eigenvalue weighted by atomic mass is 35.5. The summed E-state index contributed by atoms with van der Waals surface area (Å²) in [6, 6.07) is 16.1. The van der Waals surface area contributed by atoms with Crippen molar-refractivity contribution in [2.24, 2.45) is 11.8 Å². The highest BCUT2D eigenvalue weighted by Crippen LogP contribution is 2.43. The van der Waals surface area contributed by atoms with Crippen LogP contribution in [0.15, 0.2) is 59.1 Å². The Balaban J connectivity index is 1.29. The summed E-state index contributed by atoms with van der Waals surface area (Å²) in [6.07, 6.45) is 5.40. The van der Waals surface area contributed by atoms with Crippen molar-refractivity contribution >= 4 is 34.6 Å². The molecule has 3 atom stereocenters. The molecule has 1 N–H and O–H groups in total. The Morgan fingerprint density at radius 2 is 2.03 bits per heavy atom. The van der Waals surface area contributed by atoms with Crippen LogP contribution >= 0.6 is 11.6 Å². The number of nitrogens with zero attached hydrogens (tertiary/aromatic N) is 3. The van der Waals surface area contributed by atoms with E-state index in [-0.39, 0.29) is 11.9 Å². The Labute approximate surface area is 215 Å². The number of aryl methyl sites for hydroxylation is 2. The van der Waals surface area contributed by atoms with Gasteiger partial charge in [-0.1, -0.05) is 41.8 Å². The van der Waals surface area contributed by atoms with E-state index in [1.54, 1.807) is 12.1 Å². The number of amides is 1. The predicted molar refractivity (Wildman–Crippen MR) is 142 cm³/mol. The van der Waals surface area contributed by atoms with Gasteiger partial charge in [-0.15, -0.1) is 0 Å². The molecule has 2 aromatic heterocycles. The number of aromatic nitrogens is 2. The van der Waals surface area contributed by atoms with Gasteiger partial charge in [0, 0.05) is 41.1 Å². The lowest BCUT2D eigenvalue weighted by Crippen LogP contribution is -2.42. The van der Waals surface area contributed by atoms with Crippen LogP contribution in [0.4, 0.5) is 6.01 Å². The van der Waals surface area contributed by atoms with Crippen molar-refractivity contribution < 1.29 is 9.21 Å². The van der Waals surface area contributed by atoms with Crippen LogP contribution in [-0.2, 0) is 0 Å². The normalized spacial score (nSPS) is 21.2. The van der Waals surface area contributed by atoms with Gasteiger partial charge in [0.05, 0.1) is 6.04 Å². The largest absolute Gasteiger partial charge is 0.424 e. The fraction of sp³-hybridized carbons (Fsp3) is 0.345. The van der Waals surface area contributed by atoms with Crippen LogP contribution in [-0.4, -0.2) is 39.9 Å². The standard InChI is InChI=1S/C29H29ClN4O2/c1-17-6-10-22(19-8-7-18(2)31-14-19)24(12-17)28(35)34-16-20-4-3-5-23(20)26(34)15-32-29-33-25-13-21(30)9-11-27(25)36-29/h6-14,20,23,26H,3-5,15-16H2,1-2H3,(H,32,33). The number of rotatable bonds is 5. The first kappa shape index (κ1) is 23.0. The molecule has 2 aliphatic rings. The van der Waals surface area contributed by atoms with E-state index in [0.29, 0.717) is 35.0 Å². The van der Waals surface area contributed by atoms with Gasteiger partial charge in [-0.3, -0.25) is 9.78 Å². The van der Waals surface area contributed by atoms with E-state index >= 15 is 0 Å². The summed E-state index contributed by atoms with van der Waals surface area (Å²) in [5.74, 6) is 1.10. The van der Waals surface area contributed by atoms with E-state index in [4.69, 9.17) is 16.0 Å². The van der Waals surface area contributed by atoms with E-state index in [2.05, 4.69) is 26.3 Å². The molecule has 3 unspecified atom stereocenters. The van der Waals surface area contributed by atoms with Gasteiger partial charge in [0.1, 0.15) is 5.52 Å². The molecule has 4 aromatic rings. The van der Waals surface area contributed by atoms with Gasteiger partial charge in [0.15, 0.2) is 5.58 Å². The quantitative estimate of drug-likeness (QED) is 0.338. The van der Waals surface area contributed by atoms with Crippen molar-refractivity contribution in [3.63, 3.8) is 0 Å². The summed E-state index contributed by atoms with van der Waals surface area (Å²) in [5, 5.41) is 4.01. The molecule has 3 heterocycles. The van der Waals surface area contributed by atoms with E-state index in [1.165, 1.54) is 12.8 Å². The van der Waals surface area contributed by atoms with E-state index in [9.17, 15) is 4.79 Å². The third-order valence-corrected chi connectivity index (χ3v) is 7.98. The number of likely N-dealkylation sites (tertiary alicyclic amines) is 1. The van der Waals surface area contributed by atoms with E-state index < -0.39 is 0 Å². The minimum absolute atomic E-state index is 0.0769. The molecular weight excluding hydrogens is 472 g/mol. The fourth-order valence-corrected chi connectivity index (χ4v) is 6.12. The minimum atomic E-state index is 0.0769. The van der Waals surface area contributed by atoms with E-state index in [0.717, 1.165) is 46.4 Å². The number of benzene rings is 2. The second-order valence-electron chi connectivity index (χ2n) is 10.1. The Kier molecular flexibility index (Phi) is 5.92. The van der Waals surface area contributed by atoms with Gasteiger partial charge in [-0.05, 0) is 74.4 Å². The summed E-state index contributed by atoms with van der Waals surface area (Å²) >= 11 is 6.11. The van der Waals surface area contributed by atoms with Crippen molar-refractivity contribution in [2.45, 2.75) is 39.2 Å². The van der Waals surface area contributed by atoms with Crippen molar-refractivity contribution in [1.82, 2.24) is 14.9 Å². The Hall–Kier alpha value is -3.38. The zero-order chi connectivity index (χ0) is 24.8. The molecule has 1 aliphatic heterocycles. The molecule has 0 spiro atoms. The van der Waals surface area contributed by atoms with Crippen LogP contribution in [0.5, 0.6) is 0 Å². The molecule has 2 aromatic carbocycles. The predicted octanol–water partition coefficient (Wildman–Crippen LogP) is 6.51. The lowest BCUT2D eigenvalue weighted by Gasteiger charge is -2.29. The topological polar surface area (TPSA) is 71.3 Å². The second kappa shape index (κ2) is 9.25. The zero-order valence-electron chi connectivity index (χ0n) is 20.5. The first-order valence-electron chi connectivity index (χ1n) is 12.6. The van der Waals surface area contributed by atoms with Gasteiger partial charge in [-0.2, -0.15) is 4.98 Å². The fourth-order valence-electron chi connectivity index (χ4n) is 5.95. The molecule has 0 bridgehead atoms. The molecule has 1 saturated carbocycles. The molecule has 184 valence electrons. The van der Waals surface area contributed by atoms with Crippen molar-refractivity contribution in [1.29, 1.82) is 0 Å². The van der Waals surface area contributed by atoms with Crippen LogP contribution in [0, 0.1) is 25.7 Å². The average molecular weight is 501 g/mol. The van der Waals surface area contributed by atoms with Crippen molar-refractivity contribution in [2.75, 3.05) is 18.4 Å². The number of pyridine rings is 1. The van der Waals surface area contributed by atoms with Crippen LogP contribution in [0.25, 0.3) is 22.2 Å². The van der Waals surface area contributed by atoms with Gasteiger partial charge in [-0.25, -0.2) is 0 Å². The molecule has 2 fully saturated rings. The van der Waals surface area contributed by atoms with Gasteiger partial charge in [0.2, 0.25) is 0 Å². The maximum atomic E-state index is 14.1. The third kappa shape index (κ3) is 4.24. The minimum Gasteiger partial charge on any atom is -0.424 e. The first-order chi connectivity index (χ1) is 17.5. The Morgan fingerprint density at radius 1 is 1.14 bits per heavy atom. The number of hydrogen-bond acceptors (Lipinski definition) is 5. The smallest absolute Gasteiger partial charge is 0.295 e. The van der Waals surface area contributed by atoms with Gasteiger partial charge in [0.25, 0.3) is 11.9 Å². The van der Waals surface area contributed by atoms with Gasteiger partial charge < -0.3 is 14.6 Å². The lowest BCUT2D eigenvalue weighted by molar-refractivity contribution is 0.0722. The molecular formula is C29H29ClN4O2. The van der Waals surface area contributed by atoms with Crippen molar-refractivity contribution in [3.8, 4) is 11.1 Å². The number of halogens is 1. The number of fused-ring (bicyclic) bond motifs is 2. The highest BCUT2D eigenvalue weighted by molar-refractivity contribution is 6.31. The SMILES string of the molecule is Cc1ccc(-c2ccc(C)nc2)c(C(=O)N2CC3CCCC3C2CNc2nc3cc(Cl)ccc3o2)c1. The molecule has 1 saturated heterocycles. The van der Waals surface area contributed by atoms with Gasteiger partial charge >= 0.3 is 0 Å². The highest BCUT2D eigenvalue weighted by Gasteiger charge is 2.46. The summed E-state index contributed by atoms with van der Waals surface area (Å²) in [7, 11) is 0. The number of anilines is 1. The maximum absolute atomic E-state index is 14.1. The molecule has 6 rings (SSSR count). The Morgan fingerprint density at radius 3 is 2.86 bits per heavy atom.